The summed E-state index contributed by atoms with van der Waals surface area (Å²) >= 11 is 0. The predicted molar refractivity (Wildman–Crippen MR) is 82.5 cm³/mol. The first-order chi connectivity index (χ1) is 9.61. The fourth-order valence-electron chi connectivity index (χ4n) is 3.80. The van der Waals surface area contributed by atoms with Crippen LogP contribution in [-0.4, -0.2) is 54.5 Å². The van der Waals surface area contributed by atoms with Crippen molar-refractivity contribution in [1.29, 1.82) is 0 Å². The van der Waals surface area contributed by atoms with Gasteiger partial charge in [0.2, 0.25) is 5.91 Å². The maximum absolute atomic E-state index is 12.3. The van der Waals surface area contributed by atoms with Gasteiger partial charge in [-0.05, 0) is 51.5 Å². The summed E-state index contributed by atoms with van der Waals surface area (Å²) < 4.78 is 0. The number of amides is 1. The van der Waals surface area contributed by atoms with Crippen LogP contribution in [0.4, 0.5) is 0 Å². The van der Waals surface area contributed by atoms with E-state index in [4.69, 9.17) is 5.73 Å². The van der Waals surface area contributed by atoms with E-state index in [0.29, 0.717) is 13.1 Å². The van der Waals surface area contributed by atoms with Crippen LogP contribution in [0.3, 0.4) is 0 Å². The van der Waals surface area contributed by atoms with Crippen LogP contribution in [0.15, 0.2) is 0 Å². The molecule has 0 aromatic heterocycles. The van der Waals surface area contributed by atoms with Gasteiger partial charge < -0.3 is 10.6 Å². The summed E-state index contributed by atoms with van der Waals surface area (Å²) in [6, 6.07) is 0. The molecule has 1 aliphatic carbocycles. The van der Waals surface area contributed by atoms with Crippen molar-refractivity contribution in [3.63, 3.8) is 0 Å². The highest BCUT2D eigenvalue weighted by Crippen LogP contribution is 2.36. The number of carbonyl (C=O) groups excluding carboxylic acids is 1. The van der Waals surface area contributed by atoms with E-state index in [1.807, 2.05) is 4.90 Å². The standard InChI is InChI=1S/C16H31N3O/c1-3-14-6-8-16(13-17,9-7-14)18(2)12-15(20)19-10-4-5-11-19/h14H,3-13,17H2,1-2H3. The van der Waals surface area contributed by atoms with E-state index < -0.39 is 0 Å². The number of nitrogens with two attached hydrogens (primary N) is 1. The summed E-state index contributed by atoms with van der Waals surface area (Å²) in [5.41, 5.74) is 6.15. The van der Waals surface area contributed by atoms with Gasteiger partial charge in [-0.25, -0.2) is 0 Å². The predicted octanol–water partition coefficient (Wildman–Crippen LogP) is 1.84. The molecule has 0 bridgehead atoms. The molecule has 2 rings (SSSR count). The molecule has 0 spiro atoms. The molecule has 4 heteroatoms. The van der Waals surface area contributed by atoms with Gasteiger partial charge in [-0.2, -0.15) is 0 Å². The van der Waals surface area contributed by atoms with Crippen LogP contribution in [0.25, 0.3) is 0 Å². The van der Waals surface area contributed by atoms with Gasteiger partial charge in [0.1, 0.15) is 0 Å². The van der Waals surface area contributed by atoms with E-state index in [0.717, 1.165) is 44.7 Å². The van der Waals surface area contributed by atoms with Crippen molar-refractivity contribution in [1.82, 2.24) is 9.80 Å². The second kappa shape index (κ2) is 6.90. The van der Waals surface area contributed by atoms with Gasteiger partial charge in [-0.1, -0.05) is 13.3 Å². The number of rotatable bonds is 5. The lowest BCUT2D eigenvalue weighted by atomic mass is 9.74. The molecule has 1 amide bonds. The molecule has 116 valence electrons. The minimum absolute atomic E-state index is 0.0566. The van der Waals surface area contributed by atoms with Gasteiger partial charge in [-0.3, -0.25) is 9.69 Å². The van der Waals surface area contributed by atoms with Gasteiger partial charge in [0.25, 0.3) is 0 Å². The first-order valence-corrected chi connectivity index (χ1v) is 8.30. The summed E-state index contributed by atoms with van der Waals surface area (Å²) in [6.45, 7) is 5.38. The number of nitrogens with zero attached hydrogens (tertiary/aromatic N) is 2. The van der Waals surface area contributed by atoms with Crippen molar-refractivity contribution < 1.29 is 4.79 Å². The number of carbonyl (C=O) groups is 1. The Balaban J connectivity index is 1.91. The lowest BCUT2D eigenvalue weighted by Crippen LogP contribution is -2.56. The Hall–Kier alpha value is -0.610. The Labute approximate surface area is 123 Å². The summed E-state index contributed by atoms with van der Waals surface area (Å²) in [5.74, 6) is 1.15. The third-order valence-electron chi connectivity index (χ3n) is 5.63. The van der Waals surface area contributed by atoms with Crippen LogP contribution in [0.2, 0.25) is 0 Å². The van der Waals surface area contributed by atoms with E-state index >= 15 is 0 Å². The monoisotopic (exact) mass is 281 g/mol. The zero-order valence-corrected chi connectivity index (χ0v) is 13.2. The van der Waals surface area contributed by atoms with Crippen LogP contribution in [-0.2, 0) is 4.79 Å². The molecular formula is C16H31N3O. The van der Waals surface area contributed by atoms with Crippen LogP contribution in [0.1, 0.15) is 51.9 Å². The smallest absolute Gasteiger partial charge is 0.236 e. The SMILES string of the molecule is CCC1CCC(CN)(N(C)CC(=O)N2CCCC2)CC1. The Morgan fingerprint density at radius 1 is 1.30 bits per heavy atom. The first-order valence-electron chi connectivity index (χ1n) is 8.30. The second-order valence-electron chi connectivity index (χ2n) is 6.72. The summed E-state index contributed by atoms with van der Waals surface area (Å²) in [6.07, 6.45) is 8.41. The molecule has 1 saturated heterocycles. The van der Waals surface area contributed by atoms with Crippen LogP contribution < -0.4 is 5.73 Å². The topological polar surface area (TPSA) is 49.6 Å². The number of likely N-dealkylation sites (tertiary alicyclic amines) is 1. The van der Waals surface area contributed by atoms with Gasteiger partial charge >= 0.3 is 0 Å². The van der Waals surface area contributed by atoms with E-state index in [1.54, 1.807) is 0 Å². The zero-order valence-electron chi connectivity index (χ0n) is 13.2. The molecule has 1 saturated carbocycles. The molecule has 2 N–H and O–H groups in total. The third-order valence-corrected chi connectivity index (χ3v) is 5.63. The van der Waals surface area contributed by atoms with Crippen molar-refractivity contribution in [3.8, 4) is 0 Å². The number of hydrogen-bond acceptors (Lipinski definition) is 3. The van der Waals surface area contributed by atoms with Crippen molar-refractivity contribution in [3.05, 3.63) is 0 Å². The van der Waals surface area contributed by atoms with Crippen molar-refractivity contribution in [2.24, 2.45) is 11.7 Å². The van der Waals surface area contributed by atoms with Gasteiger partial charge in [-0.15, -0.1) is 0 Å². The van der Waals surface area contributed by atoms with E-state index in [2.05, 4.69) is 18.9 Å². The molecule has 0 aromatic carbocycles. The van der Waals surface area contributed by atoms with Crippen LogP contribution in [0.5, 0.6) is 0 Å². The molecular weight excluding hydrogens is 250 g/mol. The quantitative estimate of drug-likeness (QED) is 0.836. The molecule has 1 aliphatic heterocycles. The lowest BCUT2D eigenvalue weighted by Gasteiger charge is -2.46. The van der Waals surface area contributed by atoms with Crippen LogP contribution in [0, 0.1) is 5.92 Å². The molecule has 0 atom stereocenters. The maximum Gasteiger partial charge on any atom is 0.236 e. The van der Waals surface area contributed by atoms with E-state index in [9.17, 15) is 4.79 Å². The number of hydrogen-bond donors (Lipinski definition) is 1. The molecule has 0 radical (unpaired) electrons. The largest absolute Gasteiger partial charge is 0.342 e. The summed E-state index contributed by atoms with van der Waals surface area (Å²) in [4.78, 5) is 16.6. The zero-order chi connectivity index (χ0) is 14.6. The summed E-state index contributed by atoms with van der Waals surface area (Å²) in [5, 5.41) is 0. The van der Waals surface area contributed by atoms with Gasteiger partial charge in [0.05, 0.1) is 6.54 Å². The Morgan fingerprint density at radius 2 is 1.90 bits per heavy atom. The van der Waals surface area contributed by atoms with Crippen LogP contribution >= 0.6 is 0 Å². The van der Waals surface area contributed by atoms with E-state index in [1.165, 1.54) is 19.3 Å². The molecule has 1 heterocycles. The maximum atomic E-state index is 12.3. The van der Waals surface area contributed by atoms with Crippen molar-refractivity contribution in [2.45, 2.75) is 57.4 Å². The first kappa shape index (κ1) is 15.8. The minimum atomic E-state index is 0.0566. The Kier molecular flexibility index (Phi) is 5.44. The fourth-order valence-corrected chi connectivity index (χ4v) is 3.80. The third kappa shape index (κ3) is 3.34. The Morgan fingerprint density at radius 3 is 2.40 bits per heavy atom. The van der Waals surface area contributed by atoms with Crippen molar-refractivity contribution in [2.75, 3.05) is 33.2 Å². The highest BCUT2D eigenvalue weighted by atomic mass is 16.2. The molecule has 2 aliphatic rings. The number of likely N-dealkylation sites (N-methyl/N-ethyl adjacent to an activating group) is 1. The molecule has 4 nitrogen and oxygen atoms in total. The van der Waals surface area contributed by atoms with E-state index in [-0.39, 0.29) is 11.4 Å². The molecule has 2 fully saturated rings. The van der Waals surface area contributed by atoms with Gasteiger partial charge in [0, 0.05) is 25.2 Å². The summed E-state index contributed by atoms with van der Waals surface area (Å²) in [7, 11) is 2.09. The molecule has 0 unspecified atom stereocenters. The molecule has 20 heavy (non-hydrogen) atoms. The average molecular weight is 281 g/mol. The normalized spacial score (nSPS) is 31.0. The average Bonchev–Trinajstić information content (AvgIpc) is 3.01. The second-order valence-corrected chi connectivity index (χ2v) is 6.72. The highest BCUT2D eigenvalue weighted by molar-refractivity contribution is 5.78. The fraction of sp³-hybridized carbons (Fsp3) is 0.938. The van der Waals surface area contributed by atoms with Crippen molar-refractivity contribution >= 4 is 5.91 Å². The molecule has 0 aromatic rings. The Bertz CT molecular complexity index is 318. The lowest BCUT2D eigenvalue weighted by molar-refractivity contribution is -0.133. The van der Waals surface area contributed by atoms with Gasteiger partial charge in [0.15, 0.2) is 0 Å². The highest BCUT2D eigenvalue weighted by Gasteiger charge is 2.38. The minimum Gasteiger partial charge on any atom is -0.342 e.